The predicted octanol–water partition coefficient (Wildman–Crippen LogP) is 10.6. The van der Waals surface area contributed by atoms with E-state index in [-0.39, 0.29) is 12.3 Å². The second kappa shape index (κ2) is 15.6. The second-order valence-corrected chi connectivity index (χ2v) is 14.7. The highest BCUT2D eigenvalue weighted by Gasteiger charge is 2.38. The van der Waals surface area contributed by atoms with Crippen LogP contribution in [0.4, 0.5) is 5.69 Å². The number of allylic oxidation sites excluding steroid dienone is 3. The van der Waals surface area contributed by atoms with Gasteiger partial charge in [-0.2, -0.15) is 0 Å². The van der Waals surface area contributed by atoms with Crippen molar-refractivity contribution < 1.29 is 4.42 Å². The molecule has 53 heavy (non-hydrogen) atoms. The Morgan fingerprint density at radius 3 is 2.55 bits per heavy atom. The highest BCUT2D eigenvalue weighted by Crippen LogP contribution is 2.44. The van der Waals surface area contributed by atoms with Crippen LogP contribution in [0.1, 0.15) is 60.8 Å². The van der Waals surface area contributed by atoms with Gasteiger partial charge in [-0.3, -0.25) is 4.98 Å². The molecule has 1 saturated heterocycles. The zero-order chi connectivity index (χ0) is 36.1. The van der Waals surface area contributed by atoms with Crippen LogP contribution in [-0.4, -0.2) is 40.2 Å². The van der Waals surface area contributed by atoms with Crippen molar-refractivity contribution in [2.24, 2.45) is 0 Å². The summed E-state index contributed by atoms with van der Waals surface area (Å²) in [6, 6.07) is 23.9. The smallest absolute Gasteiger partial charge is 0.159 e. The summed E-state index contributed by atoms with van der Waals surface area (Å²) in [5.74, 6) is 0. The van der Waals surface area contributed by atoms with Gasteiger partial charge in [-0.25, -0.2) is 0 Å². The van der Waals surface area contributed by atoms with E-state index in [0.29, 0.717) is 0 Å². The molecule has 2 atom stereocenters. The summed E-state index contributed by atoms with van der Waals surface area (Å²) >= 11 is 0. The third kappa shape index (κ3) is 7.03. The van der Waals surface area contributed by atoms with Gasteiger partial charge in [0.25, 0.3) is 0 Å². The Kier molecular flexibility index (Phi) is 10.2. The van der Waals surface area contributed by atoms with Crippen LogP contribution in [0, 0.1) is 6.92 Å². The molecule has 270 valence electrons. The lowest BCUT2D eigenvalue weighted by Crippen LogP contribution is -2.48. The third-order valence-electron chi connectivity index (χ3n) is 11.2. The van der Waals surface area contributed by atoms with Crippen molar-refractivity contribution in [2.45, 2.75) is 77.0 Å². The van der Waals surface area contributed by atoms with Crippen molar-refractivity contribution in [3.05, 3.63) is 157 Å². The van der Waals surface area contributed by atoms with Gasteiger partial charge in [0.2, 0.25) is 0 Å². The second-order valence-electron chi connectivity index (χ2n) is 14.7. The SMILES string of the molecule is C=C/C=C/Cc1ccccc1-c1ccc(CCCCCCc2cc(C)c(N3C=CN4CCCCN5C=CNC5C(=C)C43)c3oc4ccccc4c23)cn1. The molecule has 2 aromatic heterocycles. The number of nitrogens with zero attached hydrogens (tertiary/aromatic N) is 4. The zero-order valence-electron chi connectivity index (χ0n) is 31.0. The fourth-order valence-corrected chi connectivity index (χ4v) is 8.53. The number of furan rings is 1. The maximum atomic E-state index is 6.78. The number of hydrogen-bond acceptors (Lipinski definition) is 6. The molecule has 0 saturated carbocycles. The van der Waals surface area contributed by atoms with E-state index in [9.17, 15) is 0 Å². The molecule has 1 fully saturated rings. The summed E-state index contributed by atoms with van der Waals surface area (Å²) in [5, 5.41) is 6.03. The van der Waals surface area contributed by atoms with Crippen molar-refractivity contribution in [2.75, 3.05) is 18.0 Å². The van der Waals surface area contributed by atoms with Gasteiger partial charge in [0.05, 0.1) is 11.4 Å². The normalized spacial score (nSPS) is 18.4. The molecule has 6 heteroatoms. The molecule has 0 bridgehead atoms. The lowest BCUT2D eigenvalue weighted by atomic mass is 9.96. The van der Waals surface area contributed by atoms with Crippen molar-refractivity contribution >= 4 is 27.6 Å². The van der Waals surface area contributed by atoms with E-state index in [1.165, 1.54) is 51.4 Å². The van der Waals surface area contributed by atoms with Crippen LogP contribution in [0.25, 0.3) is 33.2 Å². The molecule has 6 nitrogen and oxygen atoms in total. The van der Waals surface area contributed by atoms with E-state index >= 15 is 0 Å². The Morgan fingerprint density at radius 2 is 1.70 bits per heavy atom. The van der Waals surface area contributed by atoms with Crippen LogP contribution in [-0.2, 0) is 19.3 Å². The van der Waals surface area contributed by atoms with E-state index < -0.39 is 0 Å². The van der Waals surface area contributed by atoms with Gasteiger partial charge >= 0.3 is 0 Å². The molecule has 0 radical (unpaired) electrons. The van der Waals surface area contributed by atoms with Crippen LogP contribution in [0.2, 0.25) is 0 Å². The fourth-order valence-electron chi connectivity index (χ4n) is 8.53. The standard InChI is InChI=1S/C47H51N5O/c1-4-5-8-18-37-19-11-12-21-39(37)41-25-24-36(33-49-41)17-9-6-7-10-20-38-32-34(2)44(45-43(38)40-22-13-14-23-42(40)53-45)52-31-30-51-28-16-15-27-50-29-26-48-46(50)35(3)47(51)52/h4-5,8,11-14,19,21-26,29-33,46-48H,1,3,6-7,9-10,15-18,20,27-28H2,2H3/b8-5+. The van der Waals surface area contributed by atoms with E-state index in [4.69, 9.17) is 16.0 Å². The molecule has 5 aromatic rings. The minimum absolute atomic E-state index is 0.0148. The Balaban J connectivity index is 0.949. The Morgan fingerprint density at radius 1 is 0.887 bits per heavy atom. The van der Waals surface area contributed by atoms with Gasteiger partial charge in [-0.05, 0) is 86.3 Å². The highest BCUT2D eigenvalue weighted by molar-refractivity contribution is 6.11. The summed E-state index contributed by atoms with van der Waals surface area (Å²) in [6.45, 7) is 12.8. The minimum atomic E-state index is 0.0148. The van der Waals surface area contributed by atoms with Gasteiger partial charge in [0.15, 0.2) is 5.58 Å². The van der Waals surface area contributed by atoms with Crippen molar-refractivity contribution in [1.29, 1.82) is 0 Å². The third-order valence-corrected chi connectivity index (χ3v) is 11.2. The van der Waals surface area contributed by atoms with Crippen molar-refractivity contribution in [1.82, 2.24) is 20.1 Å². The maximum absolute atomic E-state index is 6.78. The number of aromatic nitrogens is 1. The number of aryl methyl sites for hydroxylation is 3. The first-order chi connectivity index (χ1) is 26.1. The molecule has 2 unspecified atom stereocenters. The number of benzene rings is 3. The Bertz CT molecular complexity index is 2190. The average molecular weight is 702 g/mol. The molecule has 3 aliphatic heterocycles. The first kappa shape index (κ1) is 34.6. The number of hydrogen-bond donors (Lipinski definition) is 1. The summed E-state index contributed by atoms with van der Waals surface area (Å²) < 4.78 is 6.78. The van der Waals surface area contributed by atoms with Gasteiger partial charge < -0.3 is 24.4 Å². The molecule has 8 rings (SSSR count). The summed E-state index contributed by atoms with van der Waals surface area (Å²) in [5.41, 5.74) is 11.7. The first-order valence-electron chi connectivity index (χ1n) is 19.4. The van der Waals surface area contributed by atoms with Gasteiger partial charge in [-0.1, -0.05) is 98.8 Å². The Hall–Kier alpha value is -5.49. The van der Waals surface area contributed by atoms with Gasteiger partial charge in [-0.15, -0.1) is 0 Å². The zero-order valence-corrected chi connectivity index (χ0v) is 31.0. The fraction of sp³-hybridized carbons (Fsp3) is 0.298. The number of fused-ring (bicyclic) bond motifs is 5. The lowest BCUT2D eigenvalue weighted by Gasteiger charge is -2.38. The van der Waals surface area contributed by atoms with Crippen LogP contribution < -0.4 is 10.2 Å². The minimum Gasteiger partial charge on any atom is -0.454 e. The monoisotopic (exact) mass is 701 g/mol. The largest absolute Gasteiger partial charge is 0.454 e. The lowest BCUT2D eigenvalue weighted by molar-refractivity contribution is 0.286. The van der Waals surface area contributed by atoms with Gasteiger partial charge in [0, 0.05) is 66.0 Å². The summed E-state index contributed by atoms with van der Waals surface area (Å²) in [4.78, 5) is 12.1. The number of unbranched alkanes of at least 4 members (excludes halogenated alkanes) is 3. The van der Waals surface area contributed by atoms with Crippen molar-refractivity contribution in [3.63, 3.8) is 0 Å². The van der Waals surface area contributed by atoms with Crippen LogP contribution >= 0.6 is 0 Å². The molecule has 0 aliphatic carbocycles. The van der Waals surface area contributed by atoms with Crippen LogP contribution in [0.5, 0.6) is 0 Å². The molecule has 5 heterocycles. The topological polar surface area (TPSA) is 47.8 Å². The predicted molar refractivity (Wildman–Crippen MR) is 220 cm³/mol. The van der Waals surface area contributed by atoms with Crippen molar-refractivity contribution in [3.8, 4) is 11.3 Å². The summed E-state index contributed by atoms with van der Waals surface area (Å²) in [7, 11) is 0. The maximum Gasteiger partial charge on any atom is 0.159 e. The molecule has 3 aliphatic rings. The quantitative estimate of drug-likeness (QED) is 0.0794. The van der Waals surface area contributed by atoms with E-state index in [1.807, 2.05) is 12.2 Å². The van der Waals surface area contributed by atoms with Crippen LogP contribution in [0.3, 0.4) is 0 Å². The number of para-hydroxylation sites is 1. The number of pyridine rings is 1. The number of nitrogens with one attached hydrogen (secondary N) is 1. The molecular weight excluding hydrogens is 651 g/mol. The average Bonchev–Trinajstić information content (AvgIpc) is 3.93. The van der Waals surface area contributed by atoms with E-state index in [2.05, 4.69) is 137 Å². The summed E-state index contributed by atoms with van der Waals surface area (Å²) in [6.07, 6.45) is 26.8. The molecule has 0 spiro atoms. The van der Waals surface area contributed by atoms with E-state index in [0.717, 1.165) is 86.2 Å². The highest BCUT2D eigenvalue weighted by atomic mass is 16.3. The molecular formula is C47H51N5O. The molecule has 0 amide bonds. The van der Waals surface area contributed by atoms with Gasteiger partial charge in [0.1, 0.15) is 17.9 Å². The molecule has 3 aromatic carbocycles. The molecule has 1 N–H and O–H groups in total. The van der Waals surface area contributed by atoms with E-state index in [1.54, 1.807) is 0 Å². The Labute approximate surface area is 314 Å². The number of anilines is 1. The first-order valence-corrected chi connectivity index (χ1v) is 19.4. The van der Waals surface area contributed by atoms with Crippen LogP contribution in [0.15, 0.2) is 139 Å². The number of rotatable bonds is 12.